The first kappa shape index (κ1) is 16.9. The average Bonchev–Trinajstić information content (AvgIpc) is 3.20. The normalized spacial score (nSPS) is 12.5. The van der Waals surface area contributed by atoms with E-state index in [-0.39, 0.29) is 18.4 Å². The quantitative estimate of drug-likeness (QED) is 0.708. The minimum Gasteiger partial charge on any atom is -0.348 e. The molecule has 3 heterocycles. The van der Waals surface area contributed by atoms with Crippen LogP contribution in [0, 0.1) is 13.8 Å². The predicted molar refractivity (Wildman–Crippen MR) is 96.6 cm³/mol. The molecule has 0 saturated heterocycles. The third-order valence-electron chi connectivity index (χ3n) is 3.90. The summed E-state index contributed by atoms with van der Waals surface area (Å²) in [6, 6.07) is 4.02. The maximum atomic E-state index is 12.4. The van der Waals surface area contributed by atoms with Crippen molar-refractivity contribution >= 4 is 34.8 Å². The molecule has 3 aromatic rings. The second-order valence-corrected chi connectivity index (χ2v) is 7.31. The number of rotatable bonds is 5. The summed E-state index contributed by atoms with van der Waals surface area (Å²) in [5.41, 5.74) is 2.62. The molecule has 0 aliphatic heterocycles. The first-order valence-electron chi connectivity index (χ1n) is 7.59. The van der Waals surface area contributed by atoms with Crippen LogP contribution in [0.5, 0.6) is 0 Å². The Labute approximate surface area is 148 Å². The van der Waals surface area contributed by atoms with Gasteiger partial charge in [0.25, 0.3) is 5.78 Å². The van der Waals surface area contributed by atoms with Crippen molar-refractivity contribution in [3.8, 4) is 0 Å². The van der Waals surface area contributed by atoms with Crippen molar-refractivity contribution in [3.05, 3.63) is 39.3 Å². The molecule has 3 rings (SSSR count). The van der Waals surface area contributed by atoms with Crippen molar-refractivity contribution in [2.24, 2.45) is 0 Å². The van der Waals surface area contributed by atoms with Crippen LogP contribution in [-0.2, 0) is 11.2 Å². The van der Waals surface area contributed by atoms with Crippen LogP contribution in [0.4, 0.5) is 0 Å². The van der Waals surface area contributed by atoms with Gasteiger partial charge in [0, 0.05) is 21.8 Å². The zero-order valence-electron chi connectivity index (χ0n) is 14.0. The maximum absolute atomic E-state index is 12.4. The number of nitrogens with zero attached hydrogens (tertiary/aromatic N) is 4. The van der Waals surface area contributed by atoms with E-state index in [2.05, 4.69) is 20.4 Å². The van der Waals surface area contributed by atoms with Gasteiger partial charge in [0.05, 0.1) is 12.5 Å². The number of aromatic nitrogens is 4. The van der Waals surface area contributed by atoms with E-state index in [1.807, 2.05) is 44.5 Å². The SMILES string of the molecule is CSc1nc2nc(C)c(CC(=O)N[C@@H](C)c3cccs3)c(C)n2n1. The van der Waals surface area contributed by atoms with Crippen LogP contribution in [-0.4, -0.2) is 31.7 Å². The Balaban J connectivity index is 1.82. The lowest BCUT2D eigenvalue weighted by Gasteiger charge is -2.14. The third kappa shape index (κ3) is 3.29. The molecule has 8 heteroatoms. The van der Waals surface area contributed by atoms with Gasteiger partial charge in [0.15, 0.2) is 0 Å². The molecular formula is C16H19N5OS2. The minimum atomic E-state index is -0.0199. The predicted octanol–water partition coefficient (Wildman–Crippen LogP) is 2.94. The zero-order valence-corrected chi connectivity index (χ0v) is 15.7. The zero-order chi connectivity index (χ0) is 17.3. The third-order valence-corrected chi connectivity index (χ3v) is 5.49. The number of carbonyl (C=O) groups excluding carboxylic acids is 1. The lowest BCUT2D eigenvalue weighted by Crippen LogP contribution is -2.28. The fourth-order valence-corrected chi connectivity index (χ4v) is 3.66. The molecule has 3 aromatic heterocycles. The molecule has 0 aliphatic rings. The van der Waals surface area contributed by atoms with E-state index < -0.39 is 0 Å². The molecule has 126 valence electrons. The van der Waals surface area contributed by atoms with Gasteiger partial charge in [-0.3, -0.25) is 4.79 Å². The summed E-state index contributed by atoms with van der Waals surface area (Å²) in [5, 5.41) is 10.2. The van der Waals surface area contributed by atoms with Crippen LogP contribution in [0.15, 0.2) is 22.7 Å². The number of thiophene rings is 1. The Morgan fingerprint density at radius 2 is 2.21 bits per heavy atom. The summed E-state index contributed by atoms with van der Waals surface area (Å²) in [4.78, 5) is 22.4. The number of nitrogens with one attached hydrogen (secondary N) is 1. The van der Waals surface area contributed by atoms with Gasteiger partial charge in [-0.1, -0.05) is 17.8 Å². The average molecular weight is 361 g/mol. The van der Waals surface area contributed by atoms with E-state index in [4.69, 9.17) is 0 Å². The summed E-state index contributed by atoms with van der Waals surface area (Å²) in [6.45, 7) is 5.85. The van der Waals surface area contributed by atoms with Crippen LogP contribution in [0.25, 0.3) is 5.78 Å². The van der Waals surface area contributed by atoms with Gasteiger partial charge in [-0.2, -0.15) is 4.98 Å². The molecule has 0 radical (unpaired) electrons. The molecule has 6 nitrogen and oxygen atoms in total. The first-order chi connectivity index (χ1) is 11.5. The lowest BCUT2D eigenvalue weighted by molar-refractivity contribution is -0.121. The molecule has 0 aromatic carbocycles. The second-order valence-electron chi connectivity index (χ2n) is 5.55. The highest BCUT2D eigenvalue weighted by Gasteiger charge is 2.17. The highest BCUT2D eigenvalue weighted by Crippen LogP contribution is 2.20. The van der Waals surface area contributed by atoms with Crippen molar-refractivity contribution < 1.29 is 4.79 Å². The fourth-order valence-electron chi connectivity index (χ4n) is 2.59. The molecule has 1 amide bonds. The molecule has 0 aliphatic carbocycles. The maximum Gasteiger partial charge on any atom is 0.253 e. The van der Waals surface area contributed by atoms with Gasteiger partial charge < -0.3 is 5.32 Å². The summed E-state index contributed by atoms with van der Waals surface area (Å²) in [7, 11) is 0. The van der Waals surface area contributed by atoms with Crippen LogP contribution in [0.1, 0.15) is 34.8 Å². The van der Waals surface area contributed by atoms with Crippen molar-refractivity contribution in [1.29, 1.82) is 0 Å². The largest absolute Gasteiger partial charge is 0.348 e. The van der Waals surface area contributed by atoms with Gasteiger partial charge in [-0.25, -0.2) is 9.50 Å². The molecule has 1 atom stereocenters. The van der Waals surface area contributed by atoms with Crippen LogP contribution in [0.3, 0.4) is 0 Å². The van der Waals surface area contributed by atoms with Crippen molar-refractivity contribution in [1.82, 2.24) is 24.9 Å². The van der Waals surface area contributed by atoms with Crippen molar-refractivity contribution in [2.45, 2.75) is 38.4 Å². The number of carbonyl (C=O) groups is 1. The monoisotopic (exact) mass is 361 g/mol. The number of fused-ring (bicyclic) bond motifs is 1. The molecule has 0 unspecified atom stereocenters. The van der Waals surface area contributed by atoms with Gasteiger partial charge >= 0.3 is 0 Å². The molecule has 0 fully saturated rings. The Kier molecular flexibility index (Phi) is 4.86. The fraction of sp³-hybridized carbons (Fsp3) is 0.375. The molecule has 0 saturated carbocycles. The van der Waals surface area contributed by atoms with E-state index in [9.17, 15) is 4.79 Å². The second kappa shape index (κ2) is 6.90. The smallest absolute Gasteiger partial charge is 0.253 e. The first-order valence-corrected chi connectivity index (χ1v) is 9.69. The van der Waals surface area contributed by atoms with E-state index in [0.717, 1.165) is 21.8 Å². The minimum absolute atomic E-state index is 0.00395. The Morgan fingerprint density at radius 1 is 1.42 bits per heavy atom. The van der Waals surface area contributed by atoms with Crippen molar-refractivity contribution in [3.63, 3.8) is 0 Å². The summed E-state index contributed by atoms with van der Waals surface area (Å²) < 4.78 is 1.71. The number of amides is 1. The molecule has 1 N–H and O–H groups in total. The van der Waals surface area contributed by atoms with Gasteiger partial charge in [0.2, 0.25) is 11.1 Å². The highest BCUT2D eigenvalue weighted by atomic mass is 32.2. The lowest BCUT2D eigenvalue weighted by atomic mass is 10.1. The van der Waals surface area contributed by atoms with Crippen LogP contribution in [0.2, 0.25) is 0 Å². The van der Waals surface area contributed by atoms with Gasteiger partial charge in [-0.05, 0) is 38.5 Å². The number of hydrogen-bond acceptors (Lipinski definition) is 6. The van der Waals surface area contributed by atoms with E-state index in [1.165, 1.54) is 11.8 Å². The number of thioether (sulfide) groups is 1. The standard InChI is InChI=1S/C16H19N5OS2/c1-9-12(8-14(22)17-10(2)13-6-5-7-24-13)11(3)21-15(18-9)19-16(20-21)23-4/h5-7,10H,8H2,1-4H3,(H,17,22)/t10-/m0/s1. The van der Waals surface area contributed by atoms with Crippen LogP contribution < -0.4 is 5.32 Å². The van der Waals surface area contributed by atoms with Crippen molar-refractivity contribution in [2.75, 3.05) is 6.26 Å². The summed E-state index contributed by atoms with van der Waals surface area (Å²) >= 11 is 3.12. The Hall–Kier alpha value is -1.93. The number of hydrogen-bond donors (Lipinski definition) is 1. The van der Waals surface area contributed by atoms with Crippen LogP contribution >= 0.6 is 23.1 Å². The highest BCUT2D eigenvalue weighted by molar-refractivity contribution is 7.98. The summed E-state index contributed by atoms with van der Waals surface area (Å²) in [6.07, 6.45) is 2.21. The Morgan fingerprint density at radius 3 is 2.88 bits per heavy atom. The number of aryl methyl sites for hydroxylation is 2. The van der Waals surface area contributed by atoms with Gasteiger partial charge in [-0.15, -0.1) is 16.4 Å². The molecule has 0 spiro atoms. The van der Waals surface area contributed by atoms with E-state index >= 15 is 0 Å². The van der Waals surface area contributed by atoms with Gasteiger partial charge in [0.1, 0.15) is 0 Å². The molecular weight excluding hydrogens is 342 g/mol. The van der Waals surface area contributed by atoms with E-state index in [0.29, 0.717) is 10.9 Å². The van der Waals surface area contributed by atoms with E-state index in [1.54, 1.807) is 15.9 Å². The Bertz CT molecular complexity index is 872. The molecule has 24 heavy (non-hydrogen) atoms. The topological polar surface area (TPSA) is 72.2 Å². The summed E-state index contributed by atoms with van der Waals surface area (Å²) in [5.74, 6) is 0.555. The molecule has 0 bridgehead atoms.